The normalized spacial score (nSPS) is 34.0. The van der Waals surface area contributed by atoms with Gasteiger partial charge in [0.1, 0.15) is 0 Å². The van der Waals surface area contributed by atoms with E-state index < -0.39 is 5.97 Å². The summed E-state index contributed by atoms with van der Waals surface area (Å²) in [7, 11) is 0. The molecule has 8 heavy (non-hydrogen) atoms. The van der Waals surface area contributed by atoms with Gasteiger partial charge in [0.05, 0.1) is 5.92 Å². The van der Waals surface area contributed by atoms with Crippen LogP contribution in [0.25, 0.3) is 0 Å². The second-order valence-corrected chi connectivity index (χ2v) is 2.08. The SMILES string of the molecule is C=CC1C[C@@H]1C(=O)O. The van der Waals surface area contributed by atoms with E-state index >= 15 is 0 Å². The molecule has 2 atom stereocenters. The molecule has 1 rings (SSSR count). The number of allylic oxidation sites excluding steroid dienone is 1. The van der Waals surface area contributed by atoms with E-state index in [1.54, 1.807) is 6.08 Å². The van der Waals surface area contributed by atoms with Gasteiger partial charge in [0.2, 0.25) is 0 Å². The molecule has 1 saturated carbocycles. The molecule has 2 nitrogen and oxygen atoms in total. The predicted octanol–water partition coefficient (Wildman–Crippen LogP) is 0.893. The quantitative estimate of drug-likeness (QED) is 0.539. The van der Waals surface area contributed by atoms with Crippen LogP contribution in [0.5, 0.6) is 0 Å². The average molecular weight is 112 g/mol. The monoisotopic (exact) mass is 112 g/mol. The highest BCUT2D eigenvalue weighted by Gasteiger charge is 2.40. The van der Waals surface area contributed by atoms with E-state index in [4.69, 9.17) is 5.11 Å². The first-order valence-corrected chi connectivity index (χ1v) is 2.61. The molecule has 1 N–H and O–H groups in total. The summed E-state index contributed by atoms with van der Waals surface area (Å²) < 4.78 is 0. The Morgan fingerprint density at radius 3 is 2.62 bits per heavy atom. The van der Waals surface area contributed by atoms with E-state index in [0.29, 0.717) is 0 Å². The number of carboxylic acid groups (broad SMARTS) is 1. The minimum Gasteiger partial charge on any atom is -0.481 e. The summed E-state index contributed by atoms with van der Waals surface area (Å²) >= 11 is 0. The fourth-order valence-corrected chi connectivity index (χ4v) is 0.759. The van der Waals surface area contributed by atoms with E-state index in [2.05, 4.69) is 6.58 Å². The number of rotatable bonds is 2. The van der Waals surface area contributed by atoms with Crippen LogP contribution < -0.4 is 0 Å². The third-order valence-electron chi connectivity index (χ3n) is 1.46. The topological polar surface area (TPSA) is 37.3 Å². The molecule has 0 aromatic carbocycles. The fourth-order valence-electron chi connectivity index (χ4n) is 0.759. The number of aliphatic carboxylic acids is 1. The Balaban J connectivity index is 2.36. The fraction of sp³-hybridized carbons (Fsp3) is 0.500. The first kappa shape index (κ1) is 5.35. The molecule has 0 saturated heterocycles. The summed E-state index contributed by atoms with van der Waals surface area (Å²) in [6, 6.07) is 0. The molecule has 0 bridgehead atoms. The smallest absolute Gasteiger partial charge is 0.307 e. The summed E-state index contributed by atoms with van der Waals surface area (Å²) in [6.07, 6.45) is 2.50. The zero-order chi connectivity index (χ0) is 6.15. The van der Waals surface area contributed by atoms with Crippen molar-refractivity contribution in [3.63, 3.8) is 0 Å². The van der Waals surface area contributed by atoms with E-state index in [9.17, 15) is 4.79 Å². The standard InChI is InChI=1S/C6H8O2/c1-2-4-3-5(4)6(7)8/h2,4-5H,1,3H2,(H,7,8)/t4?,5-/m0/s1. The van der Waals surface area contributed by atoms with Crippen molar-refractivity contribution < 1.29 is 9.90 Å². The Hall–Kier alpha value is -0.790. The van der Waals surface area contributed by atoms with Gasteiger partial charge in [-0.3, -0.25) is 4.79 Å². The van der Waals surface area contributed by atoms with Crippen LogP contribution >= 0.6 is 0 Å². The van der Waals surface area contributed by atoms with Gasteiger partial charge in [-0.2, -0.15) is 0 Å². The maximum atomic E-state index is 10.1. The minimum absolute atomic E-state index is 0.118. The van der Waals surface area contributed by atoms with Crippen molar-refractivity contribution in [3.05, 3.63) is 12.7 Å². The molecule has 1 fully saturated rings. The highest BCUT2D eigenvalue weighted by molar-refractivity contribution is 5.73. The van der Waals surface area contributed by atoms with Crippen molar-refractivity contribution in [1.29, 1.82) is 0 Å². The molecule has 1 aliphatic carbocycles. The summed E-state index contributed by atoms with van der Waals surface area (Å²) in [5.74, 6) is -0.546. The van der Waals surface area contributed by atoms with Crippen molar-refractivity contribution in [1.82, 2.24) is 0 Å². The van der Waals surface area contributed by atoms with Gasteiger partial charge >= 0.3 is 5.97 Å². The van der Waals surface area contributed by atoms with E-state index in [0.717, 1.165) is 6.42 Å². The molecular weight excluding hydrogens is 104 g/mol. The number of hydrogen-bond acceptors (Lipinski definition) is 1. The Morgan fingerprint density at radius 2 is 2.50 bits per heavy atom. The molecule has 0 heterocycles. The van der Waals surface area contributed by atoms with Crippen molar-refractivity contribution >= 4 is 5.97 Å². The summed E-state index contributed by atoms with van der Waals surface area (Å²) in [5, 5.41) is 8.31. The summed E-state index contributed by atoms with van der Waals surface area (Å²) in [4.78, 5) is 10.1. The molecule has 1 aliphatic rings. The maximum Gasteiger partial charge on any atom is 0.307 e. The lowest BCUT2D eigenvalue weighted by Crippen LogP contribution is -1.97. The van der Waals surface area contributed by atoms with Crippen LogP contribution in [-0.4, -0.2) is 11.1 Å². The van der Waals surface area contributed by atoms with Crippen LogP contribution in [-0.2, 0) is 4.79 Å². The van der Waals surface area contributed by atoms with E-state index in [1.165, 1.54) is 0 Å². The van der Waals surface area contributed by atoms with Gasteiger partial charge in [0, 0.05) is 0 Å². The van der Waals surface area contributed by atoms with Crippen molar-refractivity contribution in [3.8, 4) is 0 Å². The van der Waals surface area contributed by atoms with Crippen LogP contribution in [0, 0.1) is 11.8 Å². The van der Waals surface area contributed by atoms with Gasteiger partial charge < -0.3 is 5.11 Å². The molecule has 2 heteroatoms. The zero-order valence-corrected chi connectivity index (χ0v) is 4.50. The largest absolute Gasteiger partial charge is 0.481 e. The first-order valence-electron chi connectivity index (χ1n) is 2.61. The molecule has 0 aromatic heterocycles. The van der Waals surface area contributed by atoms with Gasteiger partial charge in [-0.15, -0.1) is 6.58 Å². The Labute approximate surface area is 47.8 Å². The predicted molar refractivity (Wildman–Crippen MR) is 29.4 cm³/mol. The van der Waals surface area contributed by atoms with E-state index in [1.807, 2.05) is 0 Å². The van der Waals surface area contributed by atoms with Crippen molar-refractivity contribution in [2.75, 3.05) is 0 Å². The molecule has 0 radical (unpaired) electrons. The van der Waals surface area contributed by atoms with Crippen LogP contribution in [0.4, 0.5) is 0 Å². The third-order valence-corrected chi connectivity index (χ3v) is 1.46. The molecule has 0 amide bonds. The average Bonchev–Trinajstić information content (AvgIpc) is 2.42. The molecule has 44 valence electrons. The number of carboxylic acids is 1. The lowest BCUT2D eigenvalue weighted by molar-refractivity contribution is -0.138. The summed E-state index contributed by atoms with van der Waals surface area (Å²) in [6.45, 7) is 3.49. The van der Waals surface area contributed by atoms with Crippen LogP contribution in [0.15, 0.2) is 12.7 Å². The molecule has 0 spiro atoms. The van der Waals surface area contributed by atoms with Crippen LogP contribution in [0.3, 0.4) is 0 Å². The number of carbonyl (C=O) groups is 1. The highest BCUT2D eigenvalue weighted by atomic mass is 16.4. The Kier molecular flexibility index (Phi) is 1.08. The van der Waals surface area contributed by atoms with Gasteiger partial charge in [-0.1, -0.05) is 6.08 Å². The molecule has 0 aliphatic heterocycles. The van der Waals surface area contributed by atoms with Gasteiger partial charge in [-0.05, 0) is 12.3 Å². The van der Waals surface area contributed by atoms with Crippen LogP contribution in [0.2, 0.25) is 0 Å². The lowest BCUT2D eigenvalue weighted by atomic mass is 10.3. The summed E-state index contributed by atoms with van der Waals surface area (Å²) in [5.41, 5.74) is 0. The molecule has 1 unspecified atom stereocenters. The first-order chi connectivity index (χ1) is 3.75. The molecular formula is C6H8O2. The van der Waals surface area contributed by atoms with Gasteiger partial charge in [0.25, 0.3) is 0 Å². The lowest BCUT2D eigenvalue weighted by Gasteiger charge is -1.81. The number of hydrogen-bond donors (Lipinski definition) is 1. The third kappa shape index (κ3) is 0.735. The minimum atomic E-state index is -0.685. The second-order valence-electron chi connectivity index (χ2n) is 2.08. The molecule has 0 aromatic rings. The van der Waals surface area contributed by atoms with Crippen molar-refractivity contribution in [2.24, 2.45) is 11.8 Å². The zero-order valence-electron chi connectivity index (χ0n) is 4.50. The van der Waals surface area contributed by atoms with Crippen molar-refractivity contribution in [2.45, 2.75) is 6.42 Å². The van der Waals surface area contributed by atoms with Gasteiger partial charge in [-0.25, -0.2) is 0 Å². The Bertz CT molecular complexity index is 128. The second kappa shape index (κ2) is 1.62. The van der Waals surface area contributed by atoms with Gasteiger partial charge in [0.15, 0.2) is 0 Å². The Morgan fingerprint density at radius 1 is 1.88 bits per heavy atom. The van der Waals surface area contributed by atoms with E-state index in [-0.39, 0.29) is 11.8 Å². The maximum absolute atomic E-state index is 10.1. The van der Waals surface area contributed by atoms with Crippen LogP contribution in [0.1, 0.15) is 6.42 Å². The highest BCUT2D eigenvalue weighted by Crippen LogP contribution is 2.38.